The number of hydrogen-bond acceptors (Lipinski definition) is 2. The van der Waals surface area contributed by atoms with E-state index in [9.17, 15) is 0 Å². The molecule has 2 N–H and O–H groups in total. The van der Waals surface area contributed by atoms with Crippen LogP contribution >= 0.6 is 0 Å². The van der Waals surface area contributed by atoms with Gasteiger partial charge in [-0.25, -0.2) is 0 Å². The van der Waals surface area contributed by atoms with Crippen LogP contribution in [0.25, 0.3) is 0 Å². The molecule has 0 spiro atoms. The highest BCUT2D eigenvalue weighted by Crippen LogP contribution is 2.34. The Bertz CT molecular complexity index is 332. The second-order valence-electron chi connectivity index (χ2n) is 5.40. The maximum atomic E-state index is 5.81. The van der Waals surface area contributed by atoms with Crippen LogP contribution in [-0.2, 0) is 0 Å². The maximum Gasteiger partial charge on any atom is 0.0370 e. The molecule has 1 aliphatic rings. The molecule has 2 heteroatoms. The first-order chi connectivity index (χ1) is 7.63. The average Bonchev–Trinajstić information content (AvgIpc) is 2.30. The van der Waals surface area contributed by atoms with Gasteiger partial charge in [0.2, 0.25) is 0 Å². The molecule has 1 fully saturated rings. The van der Waals surface area contributed by atoms with Crippen LogP contribution in [0.1, 0.15) is 26.7 Å². The van der Waals surface area contributed by atoms with E-state index in [0.29, 0.717) is 5.92 Å². The van der Waals surface area contributed by atoms with Crippen LogP contribution in [0.5, 0.6) is 0 Å². The van der Waals surface area contributed by atoms with Crippen LogP contribution in [0.2, 0.25) is 0 Å². The molecule has 16 heavy (non-hydrogen) atoms. The minimum absolute atomic E-state index is 0.257. The third kappa shape index (κ3) is 2.22. The number of rotatable bonds is 2. The number of piperidine rings is 1. The monoisotopic (exact) mass is 218 g/mol. The fraction of sp³-hybridized carbons (Fsp3) is 0.571. The molecule has 2 nitrogen and oxygen atoms in total. The summed E-state index contributed by atoms with van der Waals surface area (Å²) >= 11 is 0. The van der Waals surface area contributed by atoms with Gasteiger partial charge in [0, 0.05) is 17.8 Å². The van der Waals surface area contributed by atoms with E-state index in [1.54, 1.807) is 0 Å². The number of benzene rings is 1. The van der Waals surface area contributed by atoms with Crippen LogP contribution < -0.4 is 10.6 Å². The number of hydrogen-bond donors (Lipinski definition) is 1. The van der Waals surface area contributed by atoms with Gasteiger partial charge in [-0.15, -0.1) is 0 Å². The molecule has 1 aromatic carbocycles. The topological polar surface area (TPSA) is 29.3 Å². The minimum Gasteiger partial charge on any atom is -0.366 e. The summed E-state index contributed by atoms with van der Waals surface area (Å²) in [5.74, 6) is 0.647. The molecular formula is C14H22N2. The van der Waals surface area contributed by atoms with Gasteiger partial charge >= 0.3 is 0 Å². The predicted octanol–water partition coefficient (Wildman–Crippen LogP) is 2.64. The number of nitrogens with zero attached hydrogens (tertiary/aromatic N) is 1. The lowest BCUT2D eigenvalue weighted by atomic mass is 9.84. The van der Waals surface area contributed by atoms with E-state index in [4.69, 9.17) is 5.73 Å². The lowest BCUT2D eigenvalue weighted by molar-refractivity contribution is 0.295. The molecule has 0 radical (unpaired) electrons. The van der Waals surface area contributed by atoms with Gasteiger partial charge in [-0.1, -0.05) is 18.2 Å². The summed E-state index contributed by atoms with van der Waals surface area (Å²) < 4.78 is 0. The molecule has 1 aliphatic heterocycles. The van der Waals surface area contributed by atoms with Gasteiger partial charge in [-0.05, 0) is 51.3 Å². The largest absolute Gasteiger partial charge is 0.366 e. The highest BCUT2D eigenvalue weighted by Gasteiger charge is 2.33. The summed E-state index contributed by atoms with van der Waals surface area (Å²) in [7, 11) is 0. The zero-order valence-corrected chi connectivity index (χ0v) is 10.3. The van der Waals surface area contributed by atoms with Crippen molar-refractivity contribution in [2.75, 3.05) is 18.0 Å². The van der Waals surface area contributed by atoms with Crippen molar-refractivity contribution >= 4 is 5.69 Å². The van der Waals surface area contributed by atoms with Crippen molar-refractivity contribution in [2.24, 2.45) is 11.7 Å². The van der Waals surface area contributed by atoms with Gasteiger partial charge in [0.25, 0.3) is 0 Å². The average molecular weight is 218 g/mol. The molecule has 1 unspecified atom stereocenters. The van der Waals surface area contributed by atoms with Gasteiger partial charge in [0.05, 0.1) is 0 Å². The van der Waals surface area contributed by atoms with E-state index in [-0.39, 0.29) is 5.54 Å². The van der Waals surface area contributed by atoms with Crippen molar-refractivity contribution in [3.63, 3.8) is 0 Å². The van der Waals surface area contributed by atoms with Gasteiger partial charge in [-0.2, -0.15) is 0 Å². The van der Waals surface area contributed by atoms with E-state index >= 15 is 0 Å². The molecular weight excluding hydrogens is 196 g/mol. The number of para-hydroxylation sites is 1. The standard InChI is InChI=1S/C14H22N2/c1-14(2)9-8-12(10-15)11-16(14)13-6-4-3-5-7-13/h3-7,12H,8-11,15H2,1-2H3. The molecule has 1 heterocycles. The van der Waals surface area contributed by atoms with Crippen LogP contribution in [0.3, 0.4) is 0 Å². The molecule has 1 aromatic rings. The molecule has 1 saturated heterocycles. The van der Waals surface area contributed by atoms with Gasteiger partial charge in [0.1, 0.15) is 0 Å². The summed E-state index contributed by atoms with van der Waals surface area (Å²) in [6.07, 6.45) is 2.48. The highest BCUT2D eigenvalue weighted by atomic mass is 15.2. The molecule has 0 saturated carbocycles. The zero-order chi connectivity index (χ0) is 11.6. The molecule has 2 rings (SSSR count). The van der Waals surface area contributed by atoms with Crippen molar-refractivity contribution in [1.82, 2.24) is 0 Å². The Morgan fingerprint density at radius 2 is 2.00 bits per heavy atom. The van der Waals surface area contributed by atoms with E-state index in [1.165, 1.54) is 18.5 Å². The molecule has 1 atom stereocenters. The first-order valence-electron chi connectivity index (χ1n) is 6.16. The maximum absolute atomic E-state index is 5.81. The van der Waals surface area contributed by atoms with Crippen molar-refractivity contribution in [3.8, 4) is 0 Å². The quantitative estimate of drug-likeness (QED) is 0.827. The lowest BCUT2D eigenvalue weighted by Crippen LogP contribution is -2.51. The van der Waals surface area contributed by atoms with E-state index < -0.39 is 0 Å². The zero-order valence-electron chi connectivity index (χ0n) is 10.3. The van der Waals surface area contributed by atoms with Crippen molar-refractivity contribution in [1.29, 1.82) is 0 Å². The van der Waals surface area contributed by atoms with Gasteiger partial charge in [0.15, 0.2) is 0 Å². The first-order valence-corrected chi connectivity index (χ1v) is 6.16. The predicted molar refractivity (Wildman–Crippen MR) is 69.6 cm³/mol. The van der Waals surface area contributed by atoms with Crippen LogP contribution in [0.15, 0.2) is 30.3 Å². The Morgan fingerprint density at radius 1 is 1.31 bits per heavy atom. The first kappa shape index (κ1) is 11.5. The third-order valence-corrected chi connectivity index (χ3v) is 3.74. The molecule has 0 bridgehead atoms. The van der Waals surface area contributed by atoms with E-state index in [1.807, 2.05) is 0 Å². The fourth-order valence-corrected chi connectivity index (χ4v) is 2.54. The smallest absolute Gasteiger partial charge is 0.0370 e. The van der Waals surface area contributed by atoms with Crippen molar-refractivity contribution in [3.05, 3.63) is 30.3 Å². The van der Waals surface area contributed by atoms with Crippen molar-refractivity contribution < 1.29 is 0 Å². The van der Waals surface area contributed by atoms with Crippen LogP contribution in [0.4, 0.5) is 5.69 Å². The van der Waals surface area contributed by atoms with Crippen LogP contribution in [-0.4, -0.2) is 18.6 Å². The molecule has 0 amide bonds. The Labute approximate surface area is 98.4 Å². The Kier molecular flexibility index (Phi) is 3.20. The SMILES string of the molecule is CC1(C)CCC(CN)CN1c1ccccc1. The summed E-state index contributed by atoms with van der Waals surface area (Å²) in [6, 6.07) is 10.7. The lowest BCUT2D eigenvalue weighted by Gasteiger charge is -2.47. The Morgan fingerprint density at radius 3 is 2.62 bits per heavy atom. The van der Waals surface area contributed by atoms with E-state index in [0.717, 1.165) is 13.1 Å². The number of anilines is 1. The summed E-state index contributed by atoms with van der Waals surface area (Å²) in [6.45, 7) is 6.55. The second-order valence-corrected chi connectivity index (χ2v) is 5.40. The molecule has 0 aromatic heterocycles. The third-order valence-electron chi connectivity index (χ3n) is 3.74. The fourth-order valence-electron chi connectivity index (χ4n) is 2.54. The molecule has 88 valence electrons. The minimum atomic E-state index is 0.257. The van der Waals surface area contributed by atoms with Crippen molar-refractivity contribution in [2.45, 2.75) is 32.2 Å². The Hall–Kier alpha value is -1.02. The second kappa shape index (κ2) is 4.46. The number of nitrogens with two attached hydrogens (primary N) is 1. The summed E-state index contributed by atoms with van der Waals surface area (Å²) in [5.41, 5.74) is 7.39. The van der Waals surface area contributed by atoms with Crippen LogP contribution in [0, 0.1) is 5.92 Å². The van der Waals surface area contributed by atoms with E-state index in [2.05, 4.69) is 49.1 Å². The normalized spacial score (nSPS) is 24.4. The summed E-state index contributed by atoms with van der Waals surface area (Å²) in [5, 5.41) is 0. The molecule has 0 aliphatic carbocycles. The van der Waals surface area contributed by atoms with Gasteiger partial charge < -0.3 is 10.6 Å². The Balaban J connectivity index is 2.22. The van der Waals surface area contributed by atoms with Gasteiger partial charge in [-0.3, -0.25) is 0 Å². The summed E-state index contributed by atoms with van der Waals surface area (Å²) in [4.78, 5) is 2.51. The highest BCUT2D eigenvalue weighted by molar-refractivity contribution is 5.49.